The number of para-hydroxylation sites is 2. The maximum absolute atomic E-state index is 12.8. The van der Waals surface area contributed by atoms with Gasteiger partial charge in [-0.15, -0.1) is 0 Å². The van der Waals surface area contributed by atoms with Gasteiger partial charge >= 0.3 is 0 Å². The molecule has 1 spiro atoms. The van der Waals surface area contributed by atoms with Crippen LogP contribution in [0.1, 0.15) is 25.3 Å². The van der Waals surface area contributed by atoms with Gasteiger partial charge in [-0.1, -0.05) is 48.0 Å². The van der Waals surface area contributed by atoms with Gasteiger partial charge in [-0.3, -0.25) is 4.79 Å². The van der Waals surface area contributed by atoms with Crippen LogP contribution in [-0.4, -0.2) is 18.6 Å². The van der Waals surface area contributed by atoms with Gasteiger partial charge in [0.25, 0.3) is 5.91 Å². The summed E-state index contributed by atoms with van der Waals surface area (Å²) < 4.78 is 12.3. The van der Waals surface area contributed by atoms with Crippen molar-refractivity contribution >= 4 is 11.6 Å². The van der Waals surface area contributed by atoms with Gasteiger partial charge in [0.2, 0.25) is 0 Å². The number of benzene rings is 2. The molecule has 1 amide bonds. The zero-order chi connectivity index (χ0) is 17.3. The molecule has 2 atom stereocenters. The fourth-order valence-corrected chi connectivity index (χ4v) is 3.56. The molecule has 0 unspecified atom stereocenters. The van der Waals surface area contributed by atoms with E-state index in [9.17, 15) is 4.79 Å². The number of carbonyl (C=O) groups is 1. The van der Waals surface area contributed by atoms with Gasteiger partial charge in [-0.2, -0.15) is 0 Å². The van der Waals surface area contributed by atoms with Crippen molar-refractivity contribution in [2.24, 2.45) is 0 Å². The van der Waals surface area contributed by atoms with Crippen LogP contribution >= 0.6 is 0 Å². The summed E-state index contributed by atoms with van der Waals surface area (Å²) in [5.74, 6) is 0.717. The van der Waals surface area contributed by atoms with E-state index in [1.165, 1.54) is 0 Å². The average Bonchev–Trinajstić information content (AvgIpc) is 2.78. The fraction of sp³-hybridized carbons (Fsp3) is 0.286. The lowest BCUT2D eigenvalue weighted by Crippen LogP contribution is -2.41. The van der Waals surface area contributed by atoms with Crippen molar-refractivity contribution in [3.05, 3.63) is 71.8 Å². The summed E-state index contributed by atoms with van der Waals surface area (Å²) in [5.41, 5.74) is 1.96. The summed E-state index contributed by atoms with van der Waals surface area (Å²) in [4.78, 5) is 12.8. The molecule has 0 bridgehead atoms. The average molecular weight is 335 g/mol. The minimum atomic E-state index is -0.960. The summed E-state index contributed by atoms with van der Waals surface area (Å²) in [7, 11) is 0. The van der Waals surface area contributed by atoms with Crippen molar-refractivity contribution in [1.82, 2.24) is 0 Å². The topological polar surface area (TPSA) is 47.6 Å². The first-order valence-electron chi connectivity index (χ1n) is 8.60. The maximum Gasteiger partial charge on any atom is 0.261 e. The zero-order valence-corrected chi connectivity index (χ0v) is 14.2. The number of hydrogen-bond acceptors (Lipinski definition) is 3. The van der Waals surface area contributed by atoms with Gasteiger partial charge in [0.05, 0.1) is 6.10 Å². The normalized spacial score (nSPS) is 25.1. The lowest BCUT2D eigenvalue weighted by molar-refractivity contribution is -0.152. The van der Waals surface area contributed by atoms with E-state index in [-0.39, 0.29) is 12.0 Å². The minimum absolute atomic E-state index is 0.0898. The van der Waals surface area contributed by atoms with Gasteiger partial charge in [0.15, 0.2) is 5.60 Å². The monoisotopic (exact) mass is 335 g/mol. The molecule has 0 fully saturated rings. The molecule has 1 N–H and O–H groups in total. The lowest BCUT2D eigenvalue weighted by Gasteiger charge is -2.30. The van der Waals surface area contributed by atoms with E-state index in [0.29, 0.717) is 13.0 Å². The third-order valence-electron chi connectivity index (χ3n) is 4.78. The Kier molecular flexibility index (Phi) is 4.06. The Bertz CT molecular complexity index is 815. The number of carbonyl (C=O) groups excluding carboxylic acids is 1. The Hall–Kier alpha value is -2.59. The summed E-state index contributed by atoms with van der Waals surface area (Å²) in [6.07, 6.45) is 3.27. The van der Waals surface area contributed by atoms with E-state index in [4.69, 9.17) is 9.47 Å². The molecule has 0 saturated carbocycles. The van der Waals surface area contributed by atoms with E-state index < -0.39 is 5.60 Å². The first-order chi connectivity index (χ1) is 12.2. The molecule has 4 heteroatoms. The van der Waals surface area contributed by atoms with Crippen LogP contribution in [0, 0.1) is 0 Å². The van der Waals surface area contributed by atoms with E-state index in [1.54, 1.807) is 0 Å². The first kappa shape index (κ1) is 15.9. The second-order valence-electron chi connectivity index (χ2n) is 6.65. The van der Waals surface area contributed by atoms with Crippen molar-refractivity contribution in [2.45, 2.75) is 31.5 Å². The van der Waals surface area contributed by atoms with Gasteiger partial charge in [0.1, 0.15) is 12.4 Å². The van der Waals surface area contributed by atoms with Crippen LogP contribution in [0.3, 0.4) is 0 Å². The summed E-state index contributed by atoms with van der Waals surface area (Å²) >= 11 is 0. The molecule has 0 saturated heterocycles. The van der Waals surface area contributed by atoms with Crippen molar-refractivity contribution in [1.29, 1.82) is 0 Å². The molecule has 25 heavy (non-hydrogen) atoms. The summed E-state index contributed by atoms with van der Waals surface area (Å²) in [6.45, 7) is 2.46. The van der Waals surface area contributed by atoms with Crippen LogP contribution in [0.2, 0.25) is 0 Å². The molecule has 128 valence electrons. The highest BCUT2D eigenvalue weighted by Crippen LogP contribution is 2.45. The highest BCUT2D eigenvalue weighted by Gasteiger charge is 2.50. The molecule has 4 rings (SSSR count). The van der Waals surface area contributed by atoms with E-state index in [1.807, 2.05) is 54.6 Å². The molecule has 2 aromatic rings. The smallest absolute Gasteiger partial charge is 0.261 e. The quantitative estimate of drug-likeness (QED) is 0.861. The van der Waals surface area contributed by atoms with Gasteiger partial charge < -0.3 is 14.8 Å². The van der Waals surface area contributed by atoms with Crippen molar-refractivity contribution in [2.75, 3.05) is 11.9 Å². The number of ether oxygens (including phenoxy) is 2. The third-order valence-corrected chi connectivity index (χ3v) is 4.78. The maximum atomic E-state index is 12.8. The van der Waals surface area contributed by atoms with E-state index in [0.717, 1.165) is 29.0 Å². The predicted octanol–water partition coefficient (Wildman–Crippen LogP) is 4.04. The van der Waals surface area contributed by atoms with E-state index >= 15 is 0 Å². The Morgan fingerprint density at radius 1 is 1.16 bits per heavy atom. The highest BCUT2D eigenvalue weighted by atomic mass is 16.6. The molecule has 0 radical (unpaired) electrons. The second-order valence-corrected chi connectivity index (χ2v) is 6.65. The molecular formula is C21H21NO3. The molecule has 2 aliphatic rings. The van der Waals surface area contributed by atoms with Crippen LogP contribution < -0.4 is 10.1 Å². The van der Waals surface area contributed by atoms with Gasteiger partial charge in [0, 0.05) is 17.7 Å². The molecule has 0 aromatic heterocycles. The number of hydrogen-bond donors (Lipinski definition) is 1. The number of anilines is 1. The van der Waals surface area contributed by atoms with Gasteiger partial charge in [-0.25, -0.2) is 0 Å². The Morgan fingerprint density at radius 3 is 2.76 bits per heavy atom. The lowest BCUT2D eigenvalue weighted by atomic mass is 9.88. The van der Waals surface area contributed by atoms with Crippen molar-refractivity contribution in [3.63, 3.8) is 0 Å². The molecule has 2 aromatic carbocycles. The Balaban J connectivity index is 1.61. The van der Waals surface area contributed by atoms with E-state index in [2.05, 4.69) is 18.3 Å². The van der Waals surface area contributed by atoms with Crippen LogP contribution in [-0.2, 0) is 15.1 Å². The minimum Gasteiger partial charge on any atom is -0.491 e. The SMILES string of the molecule is CC1=CC[C@@H](COc2ccccc2)O[C@@]2(C1)C(=O)Nc1ccccc12. The van der Waals surface area contributed by atoms with Crippen molar-refractivity contribution < 1.29 is 14.3 Å². The largest absolute Gasteiger partial charge is 0.491 e. The zero-order valence-electron chi connectivity index (χ0n) is 14.2. The predicted molar refractivity (Wildman–Crippen MR) is 96.6 cm³/mol. The molecule has 4 nitrogen and oxygen atoms in total. The highest BCUT2D eigenvalue weighted by molar-refractivity contribution is 6.05. The first-order valence-corrected chi connectivity index (χ1v) is 8.60. The molecule has 2 aliphatic heterocycles. The fourth-order valence-electron chi connectivity index (χ4n) is 3.56. The number of amides is 1. The summed E-state index contributed by atoms with van der Waals surface area (Å²) in [6, 6.07) is 17.4. The standard InChI is InChI=1S/C21H21NO3/c1-15-11-12-17(14-24-16-7-3-2-4-8-16)25-21(13-15)18-9-5-6-10-19(18)22-20(21)23/h2-11,17H,12-14H2,1H3,(H,22,23)/t17-,21+/m0/s1. The molecule has 0 aliphatic carbocycles. The molecular weight excluding hydrogens is 314 g/mol. The summed E-state index contributed by atoms with van der Waals surface area (Å²) in [5, 5.41) is 2.97. The number of fused-ring (bicyclic) bond motifs is 2. The van der Waals surface area contributed by atoms with Crippen LogP contribution in [0.25, 0.3) is 0 Å². The number of rotatable bonds is 3. The van der Waals surface area contributed by atoms with Crippen LogP contribution in [0.5, 0.6) is 5.75 Å². The third kappa shape index (κ3) is 2.94. The van der Waals surface area contributed by atoms with Crippen LogP contribution in [0.15, 0.2) is 66.2 Å². The number of nitrogens with one attached hydrogen (secondary N) is 1. The molecule has 2 heterocycles. The Labute approximate surface area is 147 Å². The second kappa shape index (κ2) is 6.37. The van der Waals surface area contributed by atoms with Crippen molar-refractivity contribution in [3.8, 4) is 5.75 Å². The van der Waals surface area contributed by atoms with Gasteiger partial charge in [-0.05, 0) is 31.5 Å². The Morgan fingerprint density at radius 2 is 1.92 bits per heavy atom. The van der Waals surface area contributed by atoms with Crippen LogP contribution in [0.4, 0.5) is 5.69 Å².